The molecule has 1 aliphatic heterocycles. The van der Waals surface area contributed by atoms with Crippen LogP contribution in [0.25, 0.3) is 0 Å². The van der Waals surface area contributed by atoms with Crippen molar-refractivity contribution in [2.45, 2.75) is 51.6 Å². The lowest BCUT2D eigenvalue weighted by atomic mass is 9.99. The molecule has 1 aliphatic carbocycles. The minimum atomic E-state index is -0.523. The second kappa shape index (κ2) is 6.71. The summed E-state index contributed by atoms with van der Waals surface area (Å²) < 4.78 is 0. The summed E-state index contributed by atoms with van der Waals surface area (Å²) in [6.07, 6.45) is 3.98. The molecule has 1 fully saturated rings. The van der Waals surface area contributed by atoms with Gasteiger partial charge in [-0.3, -0.25) is 9.59 Å². The van der Waals surface area contributed by atoms with Gasteiger partial charge in [-0.2, -0.15) is 0 Å². The molecule has 2 aliphatic rings. The predicted octanol–water partition coefficient (Wildman–Crippen LogP) is 2.48. The van der Waals surface area contributed by atoms with Crippen LogP contribution >= 0.6 is 0 Å². The molecule has 1 heterocycles. The number of hydrogen-bond acceptors (Lipinski definition) is 3. The molecule has 124 valence electrons. The maximum atomic E-state index is 12.3. The van der Waals surface area contributed by atoms with Crippen molar-refractivity contribution in [3.63, 3.8) is 0 Å². The monoisotopic (exact) mass is 316 g/mol. The number of amides is 2. The summed E-state index contributed by atoms with van der Waals surface area (Å²) in [5.41, 5.74) is 2.81. The van der Waals surface area contributed by atoms with Crippen LogP contribution in [-0.2, 0) is 16.0 Å². The van der Waals surface area contributed by atoms with Crippen LogP contribution in [0.2, 0.25) is 0 Å². The van der Waals surface area contributed by atoms with E-state index in [1.54, 1.807) is 0 Å². The van der Waals surface area contributed by atoms with E-state index in [9.17, 15) is 14.7 Å². The van der Waals surface area contributed by atoms with Crippen LogP contribution in [0.5, 0.6) is 0 Å². The number of benzene rings is 1. The summed E-state index contributed by atoms with van der Waals surface area (Å²) >= 11 is 0. The molecule has 0 radical (unpaired) electrons. The fourth-order valence-electron chi connectivity index (χ4n) is 3.59. The van der Waals surface area contributed by atoms with Gasteiger partial charge in [0, 0.05) is 24.3 Å². The second-order valence-electron chi connectivity index (χ2n) is 6.48. The number of hydrogen-bond donors (Lipinski definition) is 2. The van der Waals surface area contributed by atoms with Gasteiger partial charge in [-0.05, 0) is 55.9 Å². The van der Waals surface area contributed by atoms with Gasteiger partial charge in [-0.15, -0.1) is 0 Å². The van der Waals surface area contributed by atoms with Crippen LogP contribution in [0.3, 0.4) is 0 Å². The van der Waals surface area contributed by atoms with Crippen LogP contribution < -0.4 is 10.2 Å². The zero-order valence-electron chi connectivity index (χ0n) is 13.5. The topological polar surface area (TPSA) is 69.6 Å². The summed E-state index contributed by atoms with van der Waals surface area (Å²) in [7, 11) is 0. The zero-order chi connectivity index (χ0) is 16.4. The molecule has 1 aromatic rings. The van der Waals surface area contributed by atoms with E-state index in [1.807, 2.05) is 23.1 Å². The Labute approximate surface area is 136 Å². The Bertz CT molecular complexity index is 614. The lowest BCUT2D eigenvalue weighted by molar-refractivity contribution is -0.122. The predicted molar refractivity (Wildman–Crippen MR) is 89.4 cm³/mol. The lowest BCUT2D eigenvalue weighted by Gasteiger charge is -2.29. The molecule has 2 amide bonds. The van der Waals surface area contributed by atoms with Crippen molar-refractivity contribution in [2.75, 3.05) is 16.8 Å². The highest BCUT2D eigenvalue weighted by Gasteiger charge is 2.31. The van der Waals surface area contributed by atoms with Gasteiger partial charge in [0.25, 0.3) is 0 Å². The quantitative estimate of drug-likeness (QED) is 0.896. The SMILES string of the molecule is CCCN1C(=O)CCc2cc(NC(=O)C3CCCC3O)ccc21. The Hall–Kier alpha value is -1.88. The standard InChI is InChI=1S/C18H24N2O3/c1-2-10-20-15-8-7-13(11-12(15)6-9-17(20)22)19-18(23)14-4-3-5-16(14)21/h7-8,11,14,16,21H,2-6,9-10H2,1H3,(H,19,23). The zero-order valence-corrected chi connectivity index (χ0v) is 13.5. The first kappa shape index (κ1) is 16.0. The molecular formula is C18H24N2O3. The first-order valence-corrected chi connectivity index (χ1v) is 8.52. The lowest BCUT2D eigenvalue weighted by Crippen LogP contribution is -2.35. The first-order chi connectivity index (χ1) is 11.1. The van der Waals surface area contributed by atoms with Crippen LogP contribution in [0, 0.1) is 5.92 Å². The Morgan fingerprint density at radius 1 is 1.35 bits per heavy atom. The van der Waals surface area contributed by atoms with Crippen LogP contribution in [0.1, 0.15) is 44.6 Å². The highest BCUT2D eigenvalue weighted by Crippen LogP contribution is 2.31. The third-order valence-corrected chi connectivity index (χ3v) is 4.81. The van der Waals surface area contributed by atoms with Crippen molar-refractivity contribution in [3.8, 4) is 0 Å². The maximum absolute atomic E-state index is 12.3. The summed E-state index contributed by atoms with van der Waals surface area (Å²) in [6.45, 7) is 2.79. The molecular weight excluding hydrogens is 292 g/mol. The van der Waals surface area contributed by atoms with Crippen LogP contribution in [0.15, 0.2) is 18.2 Å². The number of aliphatic hydroxyl groups is 1. The molecule has 23 heavy (non-hydrogen) atoms. The molecule has 0 spiro atoms. The van der Waals surface area contributed by atoms with Gasteiger partial charge in [0.2, 0.25) is 11.8 Å². The smallest absolute Gasteiger partial charge is 0.230 e. The van der Waals surface area contributed by atoms with E-state index in [4.69, 9.17) is 0 Å². The average Bonchev–Trinajstić information content (AvgIpc) is 2.96. The number of fused-ring (bicyclic) bond motifs is 1. The van der Waals surface area contributed by atoms with Crippen LogP contribution in [-0.4, -0.2) is 29.6 Å². The van der Waals surface area contributed by atoms with E-state index in [0.29, 0.717) is 19.3 Å². The third kappa shape index (κ3) is 3.24. The number of carbonyl (C=O) groups excluding carboxylic acids is 2. The van der Waals surface area contributed by atoms with Gasteiger partial charge in [0.1, 0.15) is 0 Å². The molecule has 5 heteroatoms. The summed E-state index contributed by atoms with van der Waals surface area (Å²) in [5, 5.41) is 12.8. The minimum absolute atomic E-state index is 0.104. The molecule has 1 aromatic carbocycles. The fourth-order valence-corrected chi connectivity index (χ4v) is 3.59. The van der Waals surface area contributed by atoms with Gasteiger partial charge in [0.05, 0.1) is 12.0 Å². The number of nitrogens with one attached hydrogen (secondary N) is 1. The van der Waals surface area contributed by atoms with E-state index in [2.05, 4.69) is 12.2 Å². The number of anilines is 2. The van der Waals surface area contributed by atoms with Crippen molar-refractivity contribution >= 4 is 23.2 Å². The van der Waals surface area contributed by atoms with E-state index in [0.717, 1.165) is 42.7 Å². The maximum Gasteiger partial charge on any atom is 0.230 e. The Morgan fingerprint density at radius 3 is 2.87 bits per heavy atom. The summed E-state index contributed by atoms with van der Waals surface area (Å²) in [4.78, 5) is 26.2. The van der Waals surface area contributed by atoms with Crippen molar-refractivity contribution < 1.29 is 14.7 Å². The van der Waals surface area contributed by atoms with Crippen LogP contribution in [0.4, 0.5) is 11.4 Å². The number of nitrogens with zero attached hydrogens (tertiary/aromatic N) is 1. The van der Waals surface area contributed by atoms with E-state index < -0.39 is 6.10 Å². The van der Waals surface area contributed by atoms with Crippen molar-refractivity contribution in [1.82, 2.24) is 0 Å². The number of aliphatic hydroxyl groups excluding tert-OH is 1. The van der Waals surface area contributed by atoms with Gasteiger partial charge >= 0.3 is 0 Å². The molecule has 1 saturated carbocycles. The van der Waals surface area contributed by atoms with Crippen molar-refractivity contribution in [2.24, 2.45) is 5.92 Å². The summed E-state index contributed by atoms with van der Waals surface area (Å²) in [5.74, 6) is -0.235. The highest BCUT2D eigenvalue weighted by atomic mass is 16.3. The molecule has 2 unspecified atom stereocenters. The summed E-state index contributed by atoms with van der Waals surface area (Å²) in [6, 6.07) is 5.73. The largest absolute Gasteiger partial charge is 0.392 e. The van der Waals surface area contributed by atoms with E-state index >= 15 is 0 Å². The molecule has 0 saturated heterocycles. The van der Waals surface area contributed by atoms with Gasteiger partial charge < -0.3 is 15.3 Å². The Kier molecular flexibility index (Phi) is 4.66. The highest BCUT2D eigenvalue weighted by molar-refractivity contribution is 5.98. The molecule has 5 nitrogen and oxygen atoms in total. The number of rotatable bonds is 4. The molecule has 0 bridgehead atoms. The second-order valence-corrected chi connectivity index (χ2v) is 6.48. The minimum Gasteiger partial charge on any atom is -0.392 e. The van der Waals surface area contributed by atoms with Gasteiger partial charge in [-0.25, -0.2) is 0 Å². The van der Waals surface area contributed by atoms with E-state index in [1.165, 1.54) is 0 Å². The van der Waals surface area contributed by atoms with Gasteiger partial charge in [-0.1, -0.05) is 6.92 Å². The first-order valence-electron chi connectivity index (χ1n) is 8.52. The average molecular weight is 316 g/mol. The Balaban J connectivity index is 1.76. The molecule has 2 atom stereocenters. The molecule has 0 aromatic heterocycles. The molecule has 3 rings (SSSR count). The van der Waals surface area contributed by atoms with E-state index in [-0.39, 0.29) is 17.7 Å². The molecule has 2 N–H and O–H groups in total. The van der Waals surface area contributed by atoms with Crippen molar-refractivity contribution in [1.29, 1.82) is 0 Å². The number of carbonyl (C=O) groups is 2. The number of aryl methyl sites for hydroxylation is 1. The van der Waals surface area contributed by atoms with Crippen molar-refractivity contribution in [3.05, 3.63) is 23.8 Å². The van der Waals surface area contributed by atoms with Gasteiger partial charge in [0.15, 0.2) is 0 Å². The normalized spacial score (nSPS) is 23.7. The fraction of sp³-hybridized carbons (Fsp3) is 0.556. The third-order valence-electron chi connectivity index (χ3n) is 4.81. The Morgan fingerprint density at radius 2 is 2.17 bits per heavy atom.